The molecule has 3 N–H and O–H groups in total. The Morgan fingerprint density at radius 1 is 1.33 bits per heavy atom. The van der Waals surface area contributed by atoms with Crippen molar-refractivity contribution in [2.75, 3.05) is 10.6 Å². The Balaban J connectivity index is 1.95. The molecule has 2 rings (SSSR count). The van der Waals surface area contributed by atoms with Crippen LogP contribution >= 0.6 is 0 Å². The van der Waals surface area contributed by atoms with Gasteiger partial charge in [0.1, 0.15) is 12.1 Å². The van der Waals surface area contributed by atoms with E-state index in [2.05, 4.69) is 30.8 Å². The summed E-state index contributed by atoms with van der Waals surface area (Å²) in [5.74, 6) is 1.24. The lowest BCUT2D eigenvalue weighted by Crippen LogP contribution is -2.20. The maximum atomic E-state index is 11.6. The van der Waals surface area contributed by atoms with E-state index in [9.17, 15) is 4.79 Å². The van der Waals surface area contributed by atoms with E-state index in [0.29, 0.717) is 17.6 Å². The van der Waals surface area contributed by atoms with Gasteiger partial charge in [-0.15, -0.1) is 0 Å². The standard InChI is InChI=1S/C11H14N6O/c1-7(2)8-5-10(17-16-8)15-11(18)14-9-3-4-12-6-13-9/h3-7H,1-2H3,(H3,12,13,14,15,16,17,18). The molecule has 18 heavy (non-hydrogen) atoms. The summed E-state index contributed by atoms with van der Waals surface area (Å²) in [6.07, 6.45) is 2.91. The second-order valence-electron chi connectivity index (χ2n) is 4.04. The number of amides is 2. The van der Waals surface area contributed by atoms with Gasteiger partial charge in [0, 0.05) is 18.0 Å². The molecule has 0 bridgehead atoms. The van der Waals surface area contributed by atoms with E-state index < -0.39 is 6.03 Å². The molecule has 0 aromatic carbocycles. The largest absolute Gasteiger partial charge is 0.326 e. The van der Waals surface area contributed by atoms with Crippen molar-refractivity contribution < 1.29 is 4.79 Å². The minimum Gasteiger partial charge on any atom is -0.292 e. The molecule has 0 saturated heterocycles. The van der Waals surface area contributed by atoms with Crippen LogP contribution in [0.1, 0.15) is 25.5 Å². The third-order valence-corrected chi connectivity index (χ3v) is 2.28. The maximum absolute atomic E-state index is 11.6. The first-order chi connectivity index (χ1) is 8.65. The van der Waals surface area contributed by atoms with E-state index in [-0.39, 0.29) is 0 Å². The lowest BCUT2D eigenvalue weighted by molar-refractivity contribution is 0.262. The average Bonchev–Trinajstić information content (AvgIpc) is 2.78. The normalized spacial score (nSPS) is 10.4. The van der Waals surface area contributed by atoms with Crippen molar-refractivity contribution in [3.05, 3.63) is 30.4 Å². The summed E-state index contributed by atoms with van der Waals surface area (Å²) in [5, 5.41) is 12.0. The minimum absolute atomic E-state index is 0.331. The molecule has 2 heterocycles. The van der Waals surface area contributed by atoms with Crippen molar-refractivity contribution in [2.45, 2.75) is 19.8 Å². The van der Waals surface area contributed by atoms with E-state index in [1.165, 1.54) is 6.33 Å². The van der Waals surface area contributed by atoms with E-state index >= 15 is 0 Å². The molecule has 7 heteroatoms. The highest BCUT2D eigenvalue weighted by molar-refractivity contribution is 5.98. The molecule has 0 unspecified atom stereocenters. The van der Waals surface area contributed by atoms with Crippen molar-refractivity contribution in [1.82, 2.24) is 20.2 Å². The van der Waals surface area contributed by atoms with Gasteiger partial charge in [-0.1, -0.05) is 13.8 Å². The van der Waals surface area contributed by atoms with Gasteiger partial charge in [-0.3, -0.25) is 15.7 Å². The van der Waals surface area contributed by atoms with Gasteiger partial charge in [0.15, 0.2) is 5.82 Å². The molecule has 0 radical (unpaired) electrons. The molecule has 0 spiro atoms. The van der Waals surface area contributed by atoms with Gasteiger partial charge >= 0.3 is 6.03 Å². The van der Waals surface area contributed by atoms with Gasteiger partial charge < -0.3 is 0 Å². The first-order valence-corrected chi connectivity index (χ1v) is 5.54. The molecular weight excluding hydrogens is 232 g/mol. The Labute approximate surface area is 104 Å². The SMILES string of the molecule is CC(C)c1cc(NC(=O)Nc2ccncn2)n[nH]1. The predicted octanol–water partition coefficient (Wildman–Crippen LogP) is 1.97. The van der Waals surface area contributed by atoms with Crippen molar-refractivity contribution in [3.63, 3.8) is 0 Å². The van der Waals surface area contributed by atoms with Gasteiger partial charge in [0.2, 0.25) is 0 Å². The average molecular weight is 246 g/mol. The maximum Gasteiger partial charge on any atom is 0.326 e. The molecule has 2 aromatic rings. The van der Waals surface area contributed by atoms with Crippen LogP contribution in [0.2, 0.25) is 0 Å². The summed E-state index contributed by atoms with van der Waals surface area (Å²) < 4.78 is 0. The van der Waals surface area contributed by atoms with E-state index in [4.69, 9.17) is 0 Å². The minimum atomic E-state index is -0.393. The summed E-state index contributed by atoms with van der Waals surface area (Å²) in [5.41, 5.74) is 0.965. The first kappa shape index (κ1) is 12.0. The number of nitrogens with zero attached hydrogens (tertiary/aromatic N) is 3. The highest BCUT2D eigenvalue weighted by Crippen LogP contribution is 2.14. The first-order valence-electron chi connectivity index (χ1n) is 5.54. The van der Waals surface area contributed by atoms with Crippen LogP contribution in [0.4, 0.5) is 16.4 Å². The second-order valence-corrected chi connectivity index (χ2v) is 4.04. The van der Waals surface area contributed by atoms with Crippen LogP contribution < -0.4 is 10.6 Å². The van der Waals surface area contributed by atoms with Crippen molar-refractivity contribution >= 4 is 17.7 Å². The zero-order valence-electron chi connectivity index (χ0n) is 10.1. The van der Waals surface area contributed by atoms with E-state index in [1.807, 2.05) is 13.8 Å². The molecule has 0 aliphatic carbocycles. The number of aromatic amines is 1. The molecule has 2 aromatic heterocycles. The summed E-state index contributed by atoms with van der Waals surface area (Å²) in [4.78, 5) is 19.3. The zero-order chi connectivity index (χ0) is 13.0. The third-order valence-electron chi connectivity index (χ3n) is 2.28. The number of nitrogens with one attached hydrogen (secondary N) is 3. The smallest absolute Gasteiger partial charge is 0.292 e. The number of hydrogen-bond acceptors (Lipinski definition) is 4. The van der Waals surface area contributed by atoms with Gasteiger partial charge in [0.05, 0.1) is 0 Å². The van der Waals surface area contributed by atoms with Crippen LogP contribution in [0.5, 0.6) is 0 Å². The van der Waals surface area contributed by atoms with Gasteiger partial charge in [0.25, 0.3) is 0 Å². The molecule has 0 aliphatic heterocycles. The Bertz CT molecular complexity index is 521. The van der Waals surface area contributed by atoms with Crippen molar-refractivity contribution in [1.29, 1.82) is 0 Å². The van der Waals surface area contributed by atoms with Crippen molar-refractivity contribution in [3.8, 4) is 0 Å². The summed E-state index contributed by atoms with van der Waals surface area (Å²) in [6, 6.07) is 3.00. The summed E-state index contributed by atoms with van der Waals surface area (Å²) in [6.45, 7) is 4.08. The zero-order valence-corrected chi connectivity index (χ0v) is 10.1. The van der Waals surface area contributed by atoms with E-state index in [1.54, 1.807) is 18.3 Å². The van der Waals surface area contributed by atoms with Gasteiger partial charge in [-0.05, 0) is 12.0 Å². The number of anilines is 2. The summed E-state index contributed by atoms with van der Waals surface area (Å²) >= 11 is 0. The Morgan fingerprint density at radius 3 is 2.72 bits per heavy atom. The predicted molar refractivity (Wildman–Crippen MR) is 67.4 cm³/mol. The fourth-order valence-electron chi connectivity index (χ4n) is 1.32. The number of hydrogen-bond donors (Lipinski definition) is 3. The van der Waals surface area contributed by atoms with E-state index in [0.717, 1.165) is 5.69 Å². The molecule has 2 amide bonds. The van der Waals surface area contributed by atoms with Gasteiger partial charge in [-0.2, -0.15) is 5.10 Å². The summed E-state index contributed by atoms with van der Waals surface area (Å²) in [7, 11) is 0. The number of carbonyl (C=O) groups is 1. The fourth-order valence-corrected chi connectivity index (χ4v) is 1.32. The van der Waals surface area contributed by atoms with Crippen molar-refractivity contribution in [2.24, 2.45) is 0 Å². The molecule has 0 fully saturated rings. The second kappa shape index (κ2) is 5.26. The Morgan fingerprint density at radius 2 is 2.11 bits per heavy atom. The number of rotatable bonds is 3. The van der Waals surface area contributed by atoms with Crippen LogP contribution in [0.3, 0.4) is 0 Å². The van der Waals surface area contributed by atoms with Crippen LogP contribution in [0, 0.1) is 0 Å². The molecule has 7 nitrogen and oxygen atoms in total. The van der Waals surface area contributed by atoms with Crippen LogP contribution in [0.15, 0.2) is 24.7 Å². The molecule has 94 valence electrons. The highest BCUT2D eigenvalue weighted by atomic mass is 16.2. The third kappa shape index (κ3) is 3.03. The number of H-pyrrole nitrogens is 1. The number of aromatic nitrogens is 4. The lowest BCUT2D eigenvalue weighted by Gasteiger charge is -2.03. The molecular formula is C11H14N6O. The topological polar surface area (TPSA) is 95.6 Å². The molecule has 0 atom stereocenters. The fraction of sp³-hybridized carbons (Fsp3) is 0.273. The Hall–Kier alpha value is -2.44. The lowest BCUT2D eigenvalue weighted by atomic mass is 10.1. The molecule has 0 aliphatic rings. The molecule has 0 saturated carbocycles. The van der Waals surface area contributed by atoms with Gasteiger partial charge in [-0.25, -0.2) is 14.8 Å². The monoisotopic (exact) mass is 246 g/mol. The number of carbonyl (C=O) groups excluding carboxylic acids is 1. The van der Waals surface area contributed by atoms with Crippen LogP contribution in [0.25, 0.3) is 0 Å². The quantitative estimate of drug-likeness (QED) is 0.771. The Kier molecular flexibility index (Phi) is 3.52. The van der Waals surface area contributed by atoms with Crippen LogP contribution in [-0.2, 0) is 0 Å². The number of urea groups is 1. The highest BCUT2D eigenvalue weighted by Gasteiger charge is 2.08. The van der Waals surface area contributed by atoms with Crippen LogP contribution in [-0.4, -0.2) is 26.2 Å².